The molecule has 2 fully saturated rings. The molecule has 2 aliphatic rings. The number of amides is 1. The molecule has 2 heterocycles. The summed E-state index contributed by atoms with van der Waals surface area (Å²) >= 11 is 1.76. The Morgan fingerprint density at radius 1 is 1.21 bits per heavy atom. The van der Waals surface area contributed by atoms with Crippen LogP contribution in [0.2, 0.25) is 0 Å². The van der Waals surface area contributed by atoms with Crippen molar-refractivity contribution in [1.29, 1.82) is 0 Å². The molecule has 1 aliphatic carbocycles. The van der Waals surface area contributed by atoms with Crippen LogP contribution in [-0.4, -0.2) is 34.1 Å². The largest absolute Gasteiger partial charge is 0.388 e. The van der Waals surface area contributed by atoms with Crippen molar-refractivity contribution in [3.8, 4) is 0 Å². The molecule has 0 spiro atoms. The zero-order valence-electron chi connectivity index (χ0n) is 16.5. The standard InChI is InChI=1S/C23H30N2O2S/c1-23(27)13-14-25(16-19-12-7-15-28-19)20(17-8-3-2-4-9-17)21(23)24-22(26)18-10-5-6-11-18/h2-4,7-9,12,15,18,20-21,27H,5-6,10-11,13-14,16H2,1H3,(H,24,26)/t20-,21-,23+/m0/s1. The zero-order chi connectivity index (χ0) is 19.6. The summed E-state index contributed by atoms with van der Waals surface area (Å²) in [4.78, 5) is 16.7. The lowest BCUT2D eigenvalue weighted by molar-refractivity contribution is -0.132. The van der Waals surface area contributed by atoms with Gasteiger partial charge < -0.3 is 10.4 Å². The van der Waals surface area contributed by atoms with Crippen molar-refractivity contribution in [2.24, 2.45) is 5.92 Å². The van der Waals surface area contributed by atoms with E-state index in [-0.39, 0.29) is 23.9 Å². The minimum atomic E-state index is -0.930. The third-order valence-corrected chi connectivity index (χ3v) is 7.25. The van der Waals surface area contributed by atoms with Crippen LogP contribution >= 0.6 is 11.3 Å². The van der Waals surface area contributed by atoms with E-state index in [0.29, 0.717) is 6.42 Å². The molecule has 1 amide bonds. The molecule has 1 aromatic carbocycles. The molecule has 1 aromatic heterocycles. The summed E-state index contributed by atoms with van der Waals surface area (Å²) in [7, 11) is 0. The molecule has 150 valence electrons. The van der Waals surface area contributed by atoms with Gasteiger partial charge in [0.05, 0.1) is 17.7 Å². The summed E-state index contributed by atoms with van der Waals surface area (Å²) in [6, 6.07) is 14.2. The molecule has 2 N–H and O–H groups in total. The van der Waals surface area contributed by atoms with E-state index in [1.54, 1.807) is 11.3 Å². The van der Waals surface area contributed by atoms with Crippen molar-refractivity contribution >= 4 is 17.2 Å². The van der Waals surface area contributed by atoms with Crippen LogP contribution in [0.4, 0.5) is 0 Å². The first kappa shape index (κ1) is 19.6. The second-order valence-electron chi connectivity index (χ2n) is 8.48. The monoisotopic (exact) mass is 398 g/mol. The lowest BCUT2D eigenvalue weighted by atomic mass is 9.79. The van der Waals surface area contributed by atoms with Gasteiger partial charge in [0.2, 0.25) is 5.91 Å². The predicted molar refractivity (Wildman–Crippen MR) is 113 cm³/mol. The summed E-state index contributed by atoms with van der Waals surface area (Å²) in [6.45, 7) is 3.52. The Labute approximate surface area is 171 Å². The molecule has 1 saturated heterocycles. The lowest BCUT2D eigenvalue weighted by Crippen LogP contribution is -2.62. The smallest absolute Gasteiger partial charge is 0.223 e. The highest BCUT2D eigenvalue weighted by atomic mass is 32.1. The van der Waals surface area contributed by atoms with E-state index in [1.165, 1.54) is 4.88 Å². The van der Waals surface area contributed by atoms with Gasteiger partial charge in [-0.05, 0) is 43.2 Å². The number of carbonyl (C=O) groups excluding carboxylic acids is 1. The number of piperidine rings is 1. The van der Waals surface area contributed by atoms with Gasteiger partial charge in [0.25, 0.3) is 0 Å². The Kier molecular flexibility index (Phi) is 5.85. The highest BCUT2D eigenvalue weighted by Gasteiger charge is 2.46. The lowest BCUT2D eigenvalue weighted by Gasteiger charge is -2.49. The SMILES string of the molecule is C[C@@]1(O)CCN(Cc2cccs2)[C@@H](c2ccccc2)[C@@H]1NC(=O)C1CCCC1. The molecular formula is C23H30N2O2S. The van der Waals surface area contributed by atoms with Gasteiger partial charge in [0, 0.05) is 23.9 Å². The van der Waals surface area contributed by atoms with Gasteiger partial charge in [-0.3, -0.25) is 9.69 Å². The number of nitrogens with zero attached hydrogens (tertiary/aromatic N) is 1. The maximum absolute atomic E-state index is 13.0. The summed E-state index contributed by atoms with van der Waals surface area (Å²) in [5.41, 5.74) is 0.219. The Bertz CT molecular complexity index is 769. The predicted octanol–water partition coefficient (Wildman–Crippen LogP) is 4.12. The molecule has 2 aromatic rings. The number of thiophene rings is 1. The van der Waals surface area contributed by atoms with Crippen LogP contribution in [0.3, 0.4) is 0 Å². The van der Waals surface area contributed by atoms with Crippen molar-refractivity contribution < 1.29 is 9.90 Å². The molecule has 1 aliphatic heterocycles. The number of benzene rings is 1. The number of likely N-dealkylation sites (tertiary alicyclic amines) is 1. The Morgan fingerprint density at radius 2 is 1.96 bits per heavy atom. The third kappa shape index (κ3) is 4.17. The van der Waals surface area contributed by atoms with E-state index in [9.17, 15) is 9.90 Å². The van der Waals surface area contributed by atoms with E-state index in [2.05, 4.69) is 39.9 Å². The van der Waals surface area contributed by atoms with Crippen LogP contribution in [-0.2, 0) is 11.3 Å². The van der Waals surface area contributed by atoms with Gasteiger partial charge >= 0.3 is 0 Å². The molecule has 3 atom stereocenters. The Hall–Kier alpha value is -1.69. The highest BCUT2D eigenvalue weighted by Crippen LogP contribution is 2.39. The molecule has 5 heteroatoms. The maximum atomic E-state index is 13.0. The van der Waals surface area contributed by atoms with Gasteiger partial charge in [-0.1, -0.05) is 49.2 Å². The van der Waals surface area contributed by atoms with Crippen LogP contribution in [0.25, 0.3) is 0 Å². The molecule has 4 rings (SSSR count). The molecule has 4 nitrogen and oxygen atoms in total. The van der Waals surface area contributed by atoms with Crippen molar-refractivity contribution in [1.82, 2.24) is 10.2 Å². The minimum absolute atomic E-state index is 0.0441. The highest BCUT2D eigenvalue weighted by molar-refractivity contribution is 7.09. The van der Waals surface area contributed by atoms with E-state index in [0.717, 1.165) is 44.3 Å². The Balaban J connectivity index is 1.64. The van der Waals surface area contributed by atoms with E-state index < -0.39 is 5.60 Å². The van der Waals surface area contributed by atoms with Crippen LogP contribution < -0.4 is 5.32 Å². The molecular weight excluding hydrogens is 368 g/mol. The van der Waals surface area contributed by atoms with Gasteiger partial charge in [-0.2, -0.15) is 0 Å². The fraction of sp³-hybridized carbons (Fsp3) is 0.522. The van der Waals surface area contributed by atoms with Crippen LogP contribution in [0.15, 0.2) is 47.8 Å². The Morgan fingerprint density at radius 3 is 2.64 bits per heavy atom. The third-order valence-electron chi connectivity index (χ3n) is 6.39. The number of rotatable bonds is 5. The molecule has 28 heavy (non-hydrogen) atoms. The second-order valence-corrected chi connectivity index (χ2v) is 9.51. The van der Waals surface area contributed by atoms with Crippen molar-refractivity contribution in [3.05, 3.63) is 58.3 Å². The maximum Gasteiger partial charge on any atom is 0.223 e. The van der Waals surface area contributed by atoms with Crippen molar-refractivity contribution in [2.45, 2.75) is 63.3 Å². The molecule has 1 saturated carbocycles. The van der Waals surface area contributed by atoms with Crippen molar-refractivity contribution in [2.75, 3.05) is 6.54 Å². The fourth-order valence-corrected chi connectivity index (χ4v) is 5.47. The average molecular weight is 399 g/mol. The van der Waals surface area contributed by atoms with Crippen LogP contribution in [0.5, 0.6) is 0 Å². The van der Waals surface area contributed by atoms with Gasteiger partial charge in [0.1, 0.15) is 0 Å². The normalized spacial score (nSPS) is 29.1. The van der Waals surface area contributed by atoms with Crippen molar-refractivity contribution in [3.63, 3.8) is 0 Å². The van der Waals surface area contributed by atoms with Crippen LogP contribution in [0.1, 0.15) is 55.5 Å². The summed E-state index contributed by atoms with van der Waals surface area (Å²) < 4.78 is 0. The number of nitrogens with one attached hydrogen (secondary N) is 1. The molecule has 0 bridgehead atoms. The number of carbonyl (C=O) groups is 1. The quantitative estimate of drug-likeness (QED) is 0.797. The molecule has 0 radical (unpaired) electrons. The van der Waals surface area contributed by atoms with Gasteiger partial charge in [-0.25, -0.2) is 0 Å². The second kappa shape index (κ2) is 8.36. The number of aliphatic hydroxyl groups is 1. The first-order valence-electron chi connectivity index (χ1n) is 10.4. The van der Waals surface area contributed by atoms with E-state index >= 15 is 0 Å². The van der Waals surface area contributed by atoms with Gasteiger partial charge in [0.15, 0.2) is 0 Å². The summed E-state index contributed by atoms with van der Waals surface area (Å²) in [6.07, 6.45) is 4.85. The average Bonchev–Trinajstić information content (AvgIpc) is 3.39. The topological polar surface area (TPSA) is 52.6 Å². The number of hydrogen-bond donors (Lipinski definition) is 2. The van der Waals surface area contributed by atoms with E-state index in [4.69, 9.17) is 0 Å². The first-order chi connectivity index (χ1) is 13.5. The summed E-state index contributed by atoms with van der Waals surface area (Å²) in [5.74, 6) is 0.210. The van der Waals surface area contributed by atoms with Gasteiger partial charge in [-0.15, -0.1) is 11.3 Å². The fourth-order valence-electron chi connectivity index (χ4n) is 4.74. The van der Waals surface area contributed by atoms with Crippen LogP contribution in [0, 0.1) is 5.92 Å². The molecule has 0 unspecified atom stereocenters. The summed E-state index contributed by atoms with van der Waals surface area (Å²) in [5, 5.41) is 16.6. The number of hydrogen-bond acceptors (Lipinski definition) is 4. The van der Waals surface area contributed by atoms with E-state index in [1.807, 2.05) is 25.1 Å². The zero-order valence-corrected chi connectivity index (χ0v) is 17.3. The minimum Gasteiger partial charge on any atom is -0.388 e. The first-order valence-corrected chi connectivity index (χ1v) is 11.3.